The van der Waals surface area contributed by atoms with Crippen molar-refractivity contribution in [1.29, 1.82) is 0 Å². The largest absolute Gasteiger partial charge is 0.481 e. The number of carboxylic acid groups (broad SMARTS) is 3. The van der Waals surface area contributed by atoms with E-state index in [2.05, 4.69) is 23.6 Å². The van der Waals surface area contributed by atoms with Crippen molar-refractivity contribution in [2.75, 3.05) is 12.3 Å². The van der Waals surface area contributed by atoms with E-state index in [-0.39, 0.29) is 37.9 Å². The van der Waals surface area contributed by atoms with Gasteiger partial charge in [-0.05, 0) is 44.9 Å². The summed E-state index contributed by atoms with van der Waals surface area (Å²) in [7, 11) is 0. The fourth-order valence-corrected chi connectivity index (χ4v) is 4.95. The summed E-state index contributed by atoms with van der Waals surface area (Å²) >= 11 is 1.10. The molecule has 0 aromatic carbocycles. The van der Waals surface area contributed by atoms with Crippen molar-refractivity contribution in [2.45, 2.75) is 107 Å². The van der Waals surface area contributed by atoms with Gasteiger partial charge >= 0.3 is 17.9 Å². The zero-order valence-corrected chi connectivity index (χ0v) is 26.1. The second-order valence-corrected chi connectivity index (χ2v) is 11.5. The number of unbranched alkanes of at least 4 members (excludes halogenated alkanes) is 3. The molecule has 13 nitrogen and oxygen atoms in total. The highest BCUT2D eigenvalue weighted by Crippen LogP contribution is 2.22. The van der Waals surface area contributed by atoms with Crippen molar-refractivity contribution < 1.29 is 49.5 Å². The van der Waals surface area contributed by atoms with E-state index in [1.807, 2.05) is 6.08 Å². The van der Waals surface area contributed by atoms with Gasteiger partial charge in [-0.3, -0.25) is 24.0 Å². The zero-order valence-electron chi connectivity index (χ0n) is 25.3. The van der Waals surface area contributed by atoms with Gasteiger partial charge in [0.15, 0.2) is 0 Å². The van der Waals surface area contributed by atoms with Gasteiger partial charge in [-0.15, -0.1) is 11.8 Å². The second-order valence-electron chi connectivity index (χ2n) is 10.3. The molecule has 0 aromatic rings. The molecule has 9 N–H and O–H groups in total. The third-order valence-electron chi connectivity index (χ3n) is 6.30. The van der Waals surface area contributed by atoms with Gasteiger partial charge in [0.2, 0.25) is 11.8 Å². The first kappa shape index (κ1) is 40.8. The lowest BCUT2D eigenvalue weighted by Crippen LogP contribution is -2.50. The van der Waals surface area contributed by atoms with Crippen molar-refractivity contribution in [3.8, 4) is 0 Å². The maximum atomic E-state index is 12.7. The van der Waals surface area contributed by atoms with Crippen LogP contribution < -0.4 is 16.4 Å². The van der Waals surface area contributed by atoms with Crippen LogP contribution in [0.4, 0.5) is 0 Å². The lowest BCUT2D eigenvalue weighted by Gasteiger charge is -2.23. The van der Waals surface area contributed by atoms with E-state index in [4.69, 9.17) is 21.1 Å². The summed E-state index contributed by atoms with van der Waals surface area (Å²) < 4.78 is 0. The number of hydrogen-bond donors (Lipinski definition) is 8. The normalized spacial score (nSPS) is 15.2. The molecular weight excluding hydrogens is 594 g/mol. The number of hydrogen-bond acceptors (Lipinski definition) is 9. The summed E-state index contributed by atoms with van der Waals surface area (Å²) in [6, 6.07) is -2.48. The Morgan fingerprint density at radius 3 is 2.20 bits per heavy atom. The molecule has 250 valence electrons. The molecule has 0 saturated carbocycles. The quantitative estimate of drug-likeness (QED) is 0.0384. The molecule has 0 aromatic heterocycles. The second kappa shape index (κ2) is 25.2. The van der Waals surface area contributed by atoms with Gasteiger partial charge in [0.1, 0.15) is 18.6 Å². The van der Waals surface area contributed by atoms with Gasteiger partial charge < -0.3 is 41.9 Å². The minimum Gasteiger partial charge on any atom is -0.481 e. The molecule has 2 unspecified atom stereocenters. The van der Waals surface area contributed by atoms with Crippen LogP contribution in [0.25, 0.3) is 0 Å². The molecule has 2 amide bonds. The Bertz CT molecular complexity index is 973. The van der Waals surface area contributed by atoms with Gasteiger partial charge in [-0.25, -0.2) is 0 Å². The smallest absolute Gasteiger partial charge is 0.322 e. The Hall–Kier alpha value is -3.20. The molecule has 44 heavy (non-hydrogen) atoms. The van der Waals surface area contributed by atoms with Gasteiger partial charge in [0, 0.05) is 23.8 Å². The highest BCUT2D eigenvalue weighted by molar-refractivity contribution is 8.00. The van der Waals surface area contributed by atoms with Gasteiger partial charge in [-0.1, -0.05) is 56.2 Å². The fourth-order valence-electron chi connectivity index (χ4n) is 3.74. The Morgan fingerprint density at radius 1 is 0.864 bits per heavy atom. The molecule has 0 rings (SSSR count). The number of rotatable bonds is 26. The van der Waals surface area contributed by atoms with Crippen LogP contribution in [-0.2, 0) is 24.0 Å². The SMILES string of the molecule is CCCCC/C=C\CC(O)C/C=C/C=C/C(SC[C@H](NC(=O)CC[C@H](N)C(=O)O)C(=O)NCC(=O)O)[C@@H](O)CCCC(=O)O. The fraction of sp³-hybridized carbons (Fsp3) is 0.633. The number of aliphatic hydroxyl groups excluding tert-OH is 2. The molecule has 14 heteroatoms. The first-order valence-corrected chi connectivity index (χ1v) is 15.9. The summed E-state index contributed by atoms with van der Waals surface area (Å²) in [6.45, 7) is 1.45. The number of aliphatic carboxylic acids is 3. The number of nitrogens with two attached hydrogens (primary N) is 1. The number of carboxylic acids is 3. The Morgan fingerprint density at radius 2 is 1.57 bits per heavy atom. The molecule has 0 saturated heterocycles. The molecule has 0 bridgehead atoms. The number of thioether (sulfide) groups is 1. The molecule has 0 aliphatic rings. The maximum Gasteiger partial charge on any atom is 0.322 e. The van der Waals surface area contributed by atoms with E-state index in [1.54, 1.807) is 24.3 Å². The number of carbonyl (C=O) groups excluding carboxylic acids is 2. The first-order chi connectivity index (χ1) is 20.9. The van der Waals surface area contributed by atoms with Crippen molar-refractivity contribution >= 4 is 41.5 Å². The molecule has 0 spiro atoms. The van der Waals surface area contributed by atoms with Gasteiger partial charge in [-0.2, -0.15) is 0 Å². The van der Waals surface area contributed by atoms with E-state index >= 15 is 0 Å². The van der Waals surface area contributed by atoms with E-state index in [0.717, 1.165) is 31.0 Å². The van der Waals surface area contributed by atoms with Crippen LogP contribution in [0, 0.1) is 0 Å². The van der Waals surface area contributed by atoms with Crippen LogP contribution in [0.3, 0.4) is 0 Å². The minimum absolute atomic E-state index is 0.0831. The number of aliphatic hydroxyl groups is 2. The summed E-state index contributed by atoms with van der Waals surface area (Å²) in [5, 5.41) is 51.7. The Labute approximate surface area is 263 Å². The van der Waals surface area contributed by atoms with Crippen molar-refractivity contribution in [2.24, 2.45) is 5.73 Å². The average Bonchev–Trinajstić information content (AvgIpc) is 2.96. The topological polar surface area (TPSA) is 237 Å². The summed E-state index contributed by atoms with van der Waals surface area (Å²) in [4.78, 5) is 57.8. The monoisotopic (exact) mass is 643 g/mol. The van der Waals surface area contributed by atoms with Crippen LogP contribution in [0.1, 0.15) is 77.6 Å². The van der Waals surface area contributed by atoms with Crippen LogP contribution in [0.5, 0.6) is 0 Å². The third kappa shape index (κ3) is 22.4. The molecule has 0 aliphatic carbocycles. The van der Waals surface area contributed by atoms with Crippen LogP contribution >= 0.6 is 11.8 Å². The van der Waals surface area contributed by atoms with Crippen molar-refractivity contribution in [3.63, 3.8) is 0 Å². The molecule has 0 heterocycles. The van der Waals surface area contributed by atoms with E-state index in [0.29, 0.717) is 12.8 Å². The third-order valence-corrected chi connectivity index (χ3v) is 7.68. The molecule has 0 radical (unpaired) electrons. The van der Waals surface area contributed by atoms with Gasteiger partial charge in [0.05, 0.1) is 12.2 Å². The number of carbonyl (C=O) groups is 5. The van der Waals surface area contributed by atoms with Crippen molar-refractivity contribution in [1.82, 2.24) is 10.6 Å². The summed E-state index contributed by atoms with van der Waals surface area (Å²) in [5.74, 6) is -5.11. The number of allylic oxidation sites excluding steroid dienone is 3. The number of nitrogens with one attached hydrogen (secondary N) is 2. The van der Waals surface area contributed by atoms with E-state index < -0.39 is 65.8 Å². The molecule has 0 fully saturated rings. The standard InChI is InChI=1S/C30H49N3O10S/c1-2-3-4-5-6-8-12-21(34)13-9-7-10-15-25(24(35)14-11-16-27(37)38)44-20-23(29(41)32-19-28(39)40)33-26(36)18-17-22(31)30(42)43/h6-10,15,21-25,34-35H,2-5,11-14,16-20,31H2,1H3,(H,32,41)(H,33,36)(H,37,38)(H,39,40)(H,42,43)/b8-6-,9-7+,15-10+/t21?,22-,23-,24-,25?/m0/s1. The van der Waals surface area contributed by atoms with Crippen molar-refractivity contribution in [3.05, 3.63) is 36.5 Å². The van der Waals surface area contributed by atoms with Gasteiger partial charge in [0.25, 0.3) is 0 Å². The lowest BCUT2D eigenvalue weighted by atomic mass is 10.1. The Balaban J connectivity index is 5.39. The predicted octanol–water partition coefficient (Wildman–Crippen LogP) is 1.97. The van der Waals surface area contributed by atoms with E-state index in [1.165, 1.54) is 6.42 Å². The molecule has 5 atom stereocenters. The highest BCUT2D eigenvalue weighted by atomic mass is 32.2. The summed E-state index contributed by atoms with van der Waals surface area (Å²) in [5.41, 5.74) is 5.43. The minimum atomic E-state index is -1.29. The molecular formula is C30H49N3O10S. The summed E-state index contributed by atoms with van der Waals surface area (Å²) in [6.07, 6.45) is 14.4. The predicted molar refractivity (Wildman–Crippen MR) is 168 cm³/mol. The lowest BCUT2D eigenvalue weighted by molar-refractivity contribution is -0.139. The maximum absolute atomic E-state index is 12.7. The zero-order chi connectivity index (χ0) is 33.3. The average molecular weight is 644 g/mol. The Kier molecular flexibility index (Phi) is 23.3. The number of amides is 2. The van der Waals surface area contributed by atoms with Crippen LogP contribution in [0.15, 0.2) is 36.5 Å². The van der Waals surface area contributed by atoms with Crippen LogP contribution in [0.2, 0.25) is 0 Å². The van der Waals surface area contributed by atoms with Crippen LogP contribution in [-0.4, -0.2) is 97.1 Å². The first-order valence-electron chi connectivity index (χ1n) is 14.8. The van der Waals surface area contributed by atoms with E-state index in [9.17, 15) is 34.2 Å². The highest BCUT2D eigenvalue weighted by Gasteiger charge is 2.25. The molecule has 0 aliphatic heterocycles.